The number of fused-ring (bicyclic) bond motifs is 1. The Kier molecular flexibility index (Phi) is 3.54. The zero-order valence-electron chi connectivity index (χ0n) is 11.0. The second-order valence-electron chi connectivity index (χ2n) is 4.58. The lowest BCUT2D eigenvalue weighted by molar-refractivity contribution is 0.564. The molecule has 0 aromatic heterocycles. The molecule has 1 heterocycles. The highest BCUT2D eigenvalue weighted by Crippen LogP contribution is 2.39. The first-order valence-corrected chi connectivity index (χ1v) is 8.72. The number of rotatable bonds is 2. The molecule has 0 saturated carbocycles. The number of thioether (sulfide) groups is 1. The number of anilines is 2. The molecule has 2 N–H and O–H groups in total. The van der Waals surface area contributed by atoms with Crippen molar-refractivity contribution in [1.29, 1.82) is 0 Å². The second-order valence-corrected chi connectivity index (χ2v) is 7.55. The minimum absolute atomic E-state index is 0.289. The van der Waals surface area contributed by atoms with Crippen LogP contribution in [0.5, 0.6) is 0 Å². The number of nitrogens with two attached hydrogens (primary N) is 1. The Morgan fingerprint density at radius 1 is 1.19 bits per heavy atom. The monoisotopic (exact) mass is 324 g/mol. The van der Waals surface area contributed by atoms with Gasteiger partial charge in [-0.25, -0.2) is 12.8 Å². The molecule has 1 aliphatic heterocycles. The predicted octanol–water partition coefficient (Wildman–Crippen LogP) is 2.71. The van der Waals surface area contributed by atoms with E-state index in [1.807, 2.05) is 0 Å². The van der Waals surface area contributed by atoms with E-state index in [-0.39, 0.29) is 11.4 Å². The normalized spacial score (nSPS) is 14.8. The van der Waals surface area contributed by atoms with Crippen LogP contribution in [0.4, 0.5) is 15.8 Å². The fourth-order valence-electron chi connectivity index (χ4n) is 2.23. The molecule has 0 spiro atoms. The highest BCUT2D eigenvalue weighted by molar-refractivity contribution is 8.00. The van der Waals surface area contributed by atoms with Crippen LogP contribution in [0, 0.1) is 5.82 Å². The van der Waals surface area contributed by atoms with E-state index in [2.05, 4.69) is 0 Å². The number of nitrogens with zero attached hydrogens (tertiary/aromatic N) is 1. The fourth-order valence-corrected chi connectivity index (χ4v) is 4.93. The summed E-state index contributed by atoms with van der Waals surface area (Å²) in [5.41, 5.74) is 6.74. The van der Waals surface area contributed by atoms with Crippen molar-refractivity contribution in [2.75, 3.05) is 22.3 Å². The van der Waals surface area contributed by atoms with Gasteiger partial charge in [0.2, 0.25) is 0 Å². The van der Waals surface area contributed by atoms with E-state index in [0.29, 0.717) is 17.1 Å². The first-order chi connectivity index (χ1) is 10.00. The molecule has 0 fully saturated rings. The second kappa shape index (κ2) is 5.23. The molecular formula is C14H13FN2O2S2. The van der Waals surface area contributed by atoms with Crippen LogP contribution in [0.15, 0.2) is 52.3 Å². The van der Waals surface area contributed by atoms with Crippen LogP contribution in [0.2, 0.25) is 0 Å². The van der Waals surface area contributed by atoms with E-state index in [9.17, 15) is 12.8 Å². The van der Waals surface area contributed by atoms with E-state index < -0.39 is 15.8 Å². The molecule has 2 aromatic carbocycles. The molecule has 1 aliphatic rings. The summed E-state index contributed by atoms with van der Waals surface area (Å²) in [5, 5.41) is 0. The van der Waals surface area contributed by atoms with E-state index >= 15 is 0 Å². The summed E-state index contributed by atoms with van der Waals surface area (Å²) < 4.78 is 40.5. The van der Waals surface area contributed by atoms with Gasteiger partial charge in [-0.2, -0.15) is 0 Å². The molecule has 21 heavy (non-hydrogen) atoms. The van der Waals surface area contributed by atoms with Gasteiger partial charge >= 0.3 is 0 Å². The van der Waals surface area contributed by atoms with Crippen molar-refractivity contribution in [1.82, 2.24) is 0 Å². The average molecular weight is 324 g/mol. The van der Waals surface area contributed by atoms with Gasteiger partial charge < -0.3 is 5.73 Å². The summed E-state index contributed by atoms with van der Waals surface area (Å²) in [4.78, 5) is 0.514. The Balaban J connectivity index is 2.14. The molecule has 2 aromatic rings. The summed E-state index contributed by atoms with van der Waals surface area (Å²) in [7, 11) is -3.93. The number of halogens is 1. The first kappa shape index (κ1) is 14.2. The van der Waals surface area contributed by atoms with Crippen molar-refractivity contribution in [3.8, 4) is 0 Å². The van der Waals surface area contributed by atoms with Crippen molar-refractivity contribution >= 4 is 33.2 Å². The van der Waals surface area contributed by atoms with Gasteiger partial charge in [0.15, 0.2) is 0 Å². The quantitative estimate of drug-likeness (QED) is 0.863. The smallest absolute Gasteiger partial charge is 0.267 e. The van der Waals surface area contributed by atoms with Crippen LogP contribution < -0.4 is 10.0 Å². The van der Waals surface area contributed by atoms with E-state index in [0.717, 1.165) is 11.0 Å². The van der Waals surface area contributed by atoms with E-state index in [1.54, 1.807) is 30.0 Å². The summed E-state index contributed by atoms with van der Waals surface area (Å²) in [5.74, 6) is -0.133. The molecular weight excluding hydrogens is 311 g/mol. The molecule has 0 bridgehead atoms. The molecule has 110 valence electrons. The van der Waals surface area contributed by atoms with Crippen LogP contribution in [-0.4, -0.2) is 20.7 Å². The Labute approximate surface area is 126 Å². The largest absolute Gasteiger partial charge is 0.399 e. The maximum absolute atomic E-state index is 13.9. The third-order valence-corrected chi connectivity index (χ3v) is 6.10. The van der Waals surface area contributed by atoms with Gasteiger partial charge in [-0.1, -0.05) is 12.1 Å². The standard InChI is InChI=1S/C14H13FN2O2S2/c15-11-3-1-2-4-14(11)21(18,19)17-7-8-20-13-6-5-10(16)9-12(13)17/h1-6,9H,7-8,16H2. The molecule has 0 unspecified atom stereocenters. The maximum atomic E-state index is 13.9. The van der Waals surface area contributed by atoms with Crippen LogP contribution in [0.25, 0.3) is 0 Å². The van der Waals surface area contributed by atoms with Crippen LogP contribution in [0.3, 0.4) is 0 Å². The molecule has 0 radical (unpaired) electrons. The third kappa shape index (κ3) is 2.47. The van der Waals surface area contributed by atoms with Crippen LogP contribution >= 0.6 is 11.8 Å². The summed E-state index contributed by atoms with van der Waals surface area (Å²) in [6.07, 6.45) is 0. The number of hydrogen-bond donors (Lipinski definition) is 1. The molecule has 0 amide bonds. The lowest BCUT2D eigenvalue weighted by Crippen LogP contribution is -2.36. The number of hydrogen-bond acceptors (Lipinski definition) is 4. The Bertz CT molecular complexity index is 793. The first-order valence-electron chi connectivity index (χ1n) is 6.30. The van der Waals surface area contributed by atoms with Crippen molar-refractivity contribution in [3.05, 3.63) is 48.3 Å². The minimum Gasteiger partial charge on any atom is -0.399 e. The Morgan fingerprint density at radius 2 is 1.95 bits per heavy atom. The fraction of sp³-hybridized carbons (Fsp3) is 0.143. The number of nitrogen functional groups attached to an aromatic ring is 1. The van der Waals surface area contributed by atoms with Crippen molar-refractivity contribution in [2.45, 2.75) is 9.79 Å². The lowest BCUT2D eigenvalue weighted by atomic mass is 10.3. The summed E-state index contributed by atoms with van der Waals surface area (Å²) in [6.45, 7) is 0.289. The summed E-state index contributed by atoms with van der Waals surface area (Å²) in [6, 6.07) is 10.5. The predicted molar refractivity (Wildman–Crippen MR) is 82.5 cm³/mol. The minimum atomic E-state index is -3.93. The van der Waals surface area contributed by atoms with Gasteiger partial charge in [0.25, 0.3) is 10.0 Å². The SMILES string of the molecule is Nc1ccc2c(c1)N(S(=O)(=O)c1ccccc1F)CCS2. The van der Waals surface area contributed by atoms with Crippen molar-refractivity contribution in [3.63, 3.8) is 0 Å². The topological polar surface area (TPSA) is 63.4 Å². The number of benzene rings is 2. The lowest BCUT2D eigenvalue weighted by Gasteiger charge is -2.30. The molecule has 7 heteroatoms. The van der Waals surface area contributed by atoms with Crippen LogP contribution in [0.1, 0.15) is 0 Å². The van der Waals surface area contributed by atoms with Gasteiger partial charge in [-0.3, -0.25) is 4.31 Å². The van der Waals surface area contributed by atoms with E-state index in [1.165, 1.54) is 22.5 Å². The number of sulfonamides is 1. The Morgan fingerprint density at radius 3 is 2.71 bits per heavy atom. The Hall–Kier alpha value is -1.73. The maximum Gasteiger partial charge on any atom is 0.267 e. The zero-order valence-corrected chi connectivity index (χ0v) is 12.6. The van der Waals surface area contributed by atoms with Crippen LogP contribution in [-0.2, 0) is 10.0 Å². The van der Waals surface area contributed by atoms with Crippen molar-refractivity contribution < 1.29 is 12.8 Å². The van der Waals surface area contributed by atoms with E-state index in [4.69, 9.17) is 5.73 Å². The molecule has 0 atom stereocenters. The van der Waals surface area contributed by atoms with Gasteiger partial charge in [0.05, 0.1) is 5.69 Å². The van der Waals surface area contributed by atoms with Gasteiger partial charge in [-0.15, -0.1) is 11.8 Å². The molecule has 0 aliphatic carbocycles. The van der Waals surface area contributed by atoms with Gasteiger partial charge in [0, 0.05) is 22.9 Å². The average Bonchev–Trinajstić information content (AvgIpc) is 2.46. The van der Waals surface area contributed by atoms with Crippen molar-refractivity contribution in [2.24, 2.45) is 0 Å². The van der Waals surface area contributed by atoms with Gasteiger partial charge in [-0.05, 0) is 30.3 Å². The van der Waals surface area contributed by atoms with Gasteiger partial charge in [0.1, 0.15) is 10.7 Å². The highest BCUT2D eigenvalue weighted by Gasteiger charge is 2.31. The molecule has 3 rings (SSSR count). The summed E-state index contributed by atoms with van der Waals surface area (Å²) >= 11 is 1.56. The molecule has 0 saturated heterocycles. The third-order valence-electron chi connectivity index (χ3n) is 3.21. The molecule has 4 nitrogen and oxygen atoms in total. The highest BCUT2D eigenvalue weighted by atomic mass is 32.2. The zero-order chi connectivity index (χ0) is 15.0.